The Morgan fingerprint density at radius 1 is 0.328 bits per heavy atom. The smallest absolute Gasteiger partial charge is 0.323 e. The molecule has 54 heteroatoms. The van der Waals surface area contributed by atoms with Crippen molar-refractivity contribution in [2.24, 2.45) is 0 Å². The van der Waals surface area contributed by atoms with Crippen LogP contribution < -0.4 is 85.9 Å². The maximum absolute atomic E-state index is 13.4. The molecule has 122 heavy (non-hydrogen) atoms. The minimum Gasteiger partial charge on any atom is -0.462 e. The van der Waals surface area contributed by atoms with Crippen LogP contribution in [0.3, 0.4) is 0 Å². The van der Waals surface area contributed by atoms with Crippen molar-refractivity contribution in [3.8, 4) is 0 Å². The van der Waals surface area contributed by atoms with Gasteiger partial charge in [-0.25, -0.2) is 60.6 Å². The van der Waals surface area contributed by atoms with Gasteiger partial charge in [-0.15, -0.1) is 0 Å². The molecule has 20 N–H and O–H groups in total. The van der Waals surface area contributed by atoms with E-state index in [0.29, 0.717) is 22.6 Å². The van der Waals surface area contributed by atoms with Crippen LogP contribution in [0.5, 0.6) is 0 Å². The van der Waals surface area contributed by atoms with Gasteiger partial charge in [0.1, 0.15) is 72.2 Å². The van der Waals surface area contributed by atoms with Crippen LogP contribution in [0.25, 0.3) is 44.7 Å². The molecule has 8 heterocycles. The number of aromatic nitrogens is 16. The van der Waals surface area contributed by atoms with E-state index in [9.17, 15) is 75.8 Å². The third kappa shape index (κ3) is 32.0. The van der Waals surface area contributed by atoms with E-state index in [0.717, 1.165) is 0 Å². The van der Waals surface area contributed by atoms with E-state index in [1.165, 1.54) is 80.7 Å². The molecule has 50 nitrogen and oxygen atoms in total. The fourth-order valence-electron chi connectivity index (χ4n) is 10.2. The molecular weight excluding hydrogens is 1680 g/mol. The Morgan fingerprint density at radius 2 is 0.500 bits per heavy atom. The number of carbonyl (C=O) groups excluding carboxylic acids is 8. The van der Waals surface area contributed by atoms with E-state index in [2.05, 4.69) is 101 Å². The molecule has 0 aliphatic rings. The molecule has 0 aliphatic heterocycles. The number of hydrogen-bond donors (Lipinski definition) is 16. The highest BCUT2D eigenvalue weighted by molar-refractivity contribution is 7.60. The number of nitrogen functional groups attached to an aromatic ring is 4. The van der Waals surface area contributed by atoms with Crippen LogP contribution in [0.15, 0.2) is 44.5 Å². The Balaban J connectivity index is 0.000000289. The summed E-state index contributed by atoms with van der Waals surface area (Å²) in [4.78, 5) is 183. The molecule has 0 spiro atoms. The van der Waals surface area contributed by atoms with Crippen LogP contribution in [0.4, 0.5) is 23.8 Å². The number of imidazole rings is 4. The largest absolute Gasteiger partial charge is 0.462 e. The van der Waals surface area contributed by atoms with Crippen molar-refractivity contribution in [3.05, 3.63) is 66.7 Å². The second-order valence-electron chi connectivity index (χ2n) is 28.8. The summed E-state index contributed by atoms with van der Waals surface area (Å²) in [6.45, 7) is 29.0. The maximum Gasteiger partial charge on any atom is 0.323 e. The first-order chi connectivity index (χ1) is 56.9. The molecule has 0 saturated carbocycles. The number of fused-ring (bicyclic) bond motifs is 4. The zero-order valence-electron chi connectivity index (χ0n) is 71.0. The molecule has 0 aliphatic carbocycles. The molecule has 11 atom stereocenters. The van der Waals surface area contributed by atoms with E-state index >= 15 is 0 Å². The van der Waals surface area contributed by atoms with Crippen LogP contribution in [0, 0.1) is 0 Å². The molecule has 0 bridgehead atoms. The average Bonchev–Trinajstić information content (AvgIpc) is 1.67. The highest BCUT2D eigenvalue weighted by Crippen LogP contribution is 2.41. The molecule has 0 saturated heterocycles. The highest BCUT2D eigenvalue weighted by Gasteiger charge is 2.35. The van der Waals surface area contributed by atoms with Crippen molar-refractivity contribution in [3.63, 3.8) is 0 Å². The topological polar surface area (TPSA) is 715 Å². The molecule has 8 rings (SSSR count). The quantitative estimate of drug-likeness (QED) is 0.0142. The van der Waals surface area contributed by atoms with Crippen molar-refractivity contribution >= 4 is 145 Å². The highest BCUT2D eigenvalue weighted by atomic mass is 31.2. The maximum atomic E-state index is 13.4. The lowest BCUT2D eigenvalue weighted by molar-refractivity contribution is -0.149. The van der Waals surface area contributed by atoms with Gasteiger partial charge in [0.05, 0.1) is 100 Å². The fourth-order valence-corrected chi connectivity index (χ4v) is 19.0. The summed E-state index contributed by atoms with van der Waals surface area (Å²) in [7, 11) is -13.8. The molecule has 676 valence electrons. The second kappa shape index (κ2) is 46.5. The first-order valence-electron chi connectivity index (χ1n) is 38.0. The number of H-pyrrole nitrogens is 4. The molecule has 3 unspecified atom stereocenters. The normalized spacial score (nSPS) is 15.2. The van der Waals surface area contributed by atoms with Crippen molar-refractivity contribution in [1.29, 1.82) is 0 Å². The predicted octanol–water partition coefficient (Wildman–Crippen LogP) is 0.738. The molecule has 0 amide bonds. The molecule has 0 radical (unpaired) electrons. The third-order valence-corrected chi connectivity index (χ3v) is 25.9. The van der Waals surface area contributed by atoms with Gasteiger partial charge >= 0.3 is 11.9 Å². The minimum absolute atomic E-state index is 0.0282. The number of nitrogens with two attached hydrogens (primary N) is 4. The summed E-state index contributed by atoms with van der Waals surface area (Å²) in [6, 6.07) is -5.92. The lowest BCUT2D eigenvalue weighted by Crippen LogP contribution is -2.42. The number of aromatic amines is 4. The van der Waals surface area contributed by atoms with Crippen LogP contribution in [0.1, 0.15) is 125 Å². The van der Waals surface area contributed by atoms with Crippen LogP contribution in [0.2, 0.25) is 0 Å². The summed E-state index contributed by atoms with van der Waals surface area (Å²) in [5.74, 6) is -2.49. The van der Waals surface area contributed by atoms with Crippen molar-refractivity contribution in [2.45, 2.75) is 211 Å². The minimum atomic E-state index is -3.51. The number of ether oxygens (including phenoxy) is 6. The summed E-state index contributed by atoms with van der Waals surface area (Å²) in [6.07, 6.45) is 3.97. The molecular formula is C68H112N28O22P4. The average molecular weight is 1800 g/mol. The standard InChI is InChI=1S/2C18H30N7O6P.2C16H26N7O5P/c2*1-10(2)31-17(28)12(4)24-32(29,23-11(3)13(5)26)9-30-7-6-25-8-20-14-15(25)21-18(19)22-16(14)27;2*1-9(11(3)24)21-29(27,22-10(2)12(4)25)8-28-6-5-23-7-18-13-14(23)19-16(17)20-15(13)26/h2*8,10-12H,6-7,9H2,1-5H3,(H2,23,24,29)(H3,19,21,22,27);2*7,9-10H,5-6,8H2,1-4H3,(H2,21,22,27)(H3,17,19,20,26)/t11-,12+,32?;11-,12-,32?;9-,10+,29?;9-,10-/m11.1/s1. The SMILES string of the molecule is CC(=O)[C@@H](C)NP(=O)(COCCn1cnc2c(=O)[nH]c(N)nc21)N[C@@H](C)C(=O)OC(C)C.CC(=O)[C@@H](C)NP(=O)(COCCn1cnc2c(=O)[nH]c(N)nc21)N[C@H](C)C(=O)OC(C)C.CC(=O)[C@@H](C)NP(=O)(COCCn1cnc2c(=O)[nH]c(N)nc21)N[C@H](C)C(C)=O.CC(=O)[C@H](C)NP(=O)(COCCn1cnc2c(=O)[nH]c(N)nc21)N[C@H](C)C(C)=O. The number of nitrogens with zero attached hydrogens (tertiary/aromatic N) is 12. The number of Topliss-reactive ketones (excluding diaryl/α,β-unsaturated/α-hetero) is 6. The first kappa shape index (κ1) is 103. The zero-order chi connectivity index (χ0) is 91.6. The fraction of sp³-hybridized carbons (Fsp3) is 0.588. The van der Waals surface area contributed by atoms with E-state index < -0.39 is 112 Å². The lowest BCUT2D eigenvalue weighted by Gasteiger charge is -2.26. The van der Waals surface area contributed by atoms with Crippen LogP contribution in [-0.4, -0.2) is 237 Å². The first-order valence-corrected chi connectivity index (χ1v) is 45.6. The van der Waals surface area contributed by atoms with Gasteiger partial charge in [0.25, 0.3) is 22.2 Å². The third-order valence-electron chi connectivity index (χ3n) is 17.3. The molecule has 0 aromatic carbocycles. The van der Waals surface area contributed by atoms with Gasteiger partial charge in [0.15, 0.2) is 44.7 Å². The van der Waals surface area contributed by atoms with Gasteiger partial charge in [-0.3, -0.25) is 95.7 Å². The number of esters is 2. The number of anilines is 4. The Kier molecular flexibility index (Phi) is 39.1. The van der Waals surface area contributed by atoms with Gasteiger partial charge in [-0.05, 0) is 125 Å². The Labute approximate surface area is 698 Å². The van der Waals surface area contributed by atoms with Gasteiger partial charge in [0.2, 0.25) is 53.6 Å². The summed E-state index contributed by atoms with van der Waals surface area (Å²) >= 11 is 0. The number of carbonyl (C=O) groups is 8. The van der Waals surface area contributed by atoms with Gasteiger partial charge in [0, 0.05) is 26.2 Å². The van der Waals surface area contributed by atoms with Gasteiger partial charge in [-0.2, -0.15) is 19.9 Å². The van der Waals surface area contributed by atoms with Crippen molar-refractivity contribution < 1.29 is 85.0 Å². The molecule has 8 aromatic heterocycles. The zero-order valence-corrected chi connectivity index (χ0v) is 74.6. The summed E-state index contributed by atoms with van der Waals surface area (Å²) in [5.41, 5.74) is 22.3. The Morgan fingerprint density at radius 3 is 0.664 bits per heavy atom. The Hall–Kier alpha value is -10.0. The lowest BCUT2D eigenvalue weighted by atomic mass is 10.3. The number of hydrogen-bond acceptors (Lipinski definition) is 34. The van der Waals surface area contributed by atoms with E-state index in [4.69, 9.17) is 51.4 Å². The van der Waals surface area contributed by atoms with Crippen LogP contribution >= 0.6 is 29.8 Å². The number of nitrogens with one attached hydrogen (secondary N) is 12. The predicted molar refractivity (Wildman–Crippen MR) is 451 cm³/mol. The second-order valence-corrected chi connectivity index (χ2v) is 37.8. The monoisotopic (exact) mass is 1800 g/mol. The summed E-state index contributed by atoms with van der Waals surface area (Å²) < 4.78 is 91.9. The van der Waals surface area contributed by atoms with Gasteiger partial charge < -0.3 is 69.6 Å². The van der Waals surface area contributed by atoms with E-state index in [1.54, 1.807) is 87.5 Å². The van der Waals surface area contributed by atoms with Crippen molar-refractivity contribution in [1.82, 2.24) is 119 Å². The van der Waals surface area contributed by atoms with Gasteiger partial charge in [-0.1, -0.05) is 0 Å². The molecule has 8 aromatic rings. The molecule has 0 fully saturated rings. The van der Waals surface area contributed by atoms with E-state index in [-0.39, 0.29) is 171 Å². The van der Waals surface area contributed by atoms with E-state index in [1.807, 2.05) is 0 Å². The number of ketones is 6. The Bertz CT molecular complexity index is 5070. The summed E-state index contributed by atoms with van der Waals surface area (Å²) in [5, 5.41) is 21.9. The van der Waals surface area contributed by atoms with Crippen LogP contribution in [-0.2, 0) is 111 Å². The number of rotatable bonds is 46. The van der Waals surface area contributed by atoms with Crippen molar-refractivity contribution in [2.75, 3.05) is 74.8 Å².